The molecule has 1 heterocycles. The van der Waals surface area contributed by atoms with E-state index in [9.17, 15) is 17.6 Å². The fraction of sp³-hybridized carbons (Fsp3) is 0.478. The highest BCUT2D eigenvalue weighted by molar-refractivity contribution is 5.64. The van der Waals surface area contributed by atoms with E-state index in [4.69, 9.17) is 9.47 Å². The number of epoxide rings is 1. The Morgan fingerprint density at radius 2 is 1.60 bits per heavy atom. The lowest BCUT2D eigenvalue weighted by atomic mass is 9.82. The zero-order chi connectivity index (χ0) is 21.1. The third-order valence-electron chi connectivity index (χ3n) is 5.74. The fourth-order valence-corrected chi connectivity index (χ4v) is 4.00. The van der Waals surface area contributed by atoms with Crippen molar-refractivity contribution >= 4 is 0 Å². The number of ether oxygens (including phenoxy) is 3. The van der Waals surface area contributed by atoms with Gasteiger partial charge in [0.2, 0.25) is 0 Å². The van der Waals surface area contributed by atoms with Gasteiger partial charge in [-0.3, -0.25) is 0 Å². The molecule has 7 heteroatoms. The minimum Gasteiger partial charge on any atom is -0.403 e. The summed E-state index contributed by atoms with van der Waals surface area (Å²) in [5, 5.41) is 0. The van der Waals surface area contributed by atoms with Crippen LogP contribution >= 0.6 is 0 Å². The molecular formula is C23H24F4O3. The lowest BCUT2D eigenvalue weighted by Crippen LogP contribution is -2.21. The van der Waals surface area contributed by atoms with E-state index in [1.165, 1.54) is 11.6 Å². The van der Waals surface area contributed by atoms with E-state index in [1.54, 1.807) is 0 Å². The Kier molecular flexibility index (Phi) is 6.29. The zero-order valence-electron chi connectivity index (χ0n) is 16.5. The standard InChI is InChI=1S/C23H24F4O3/c24-21-13-18(7-10-22(21)30-23(25,26)27)17-3-1-15(2-4-17)16-5-8-19(9-6-16)28-12-11-20-14-29-20/h1-4,7,10,13,16,19-20H,5-6,8-9,11-12,14H2. The van der Waals surface area contributed by atoms with Gasteiger partial charge in [0.15, 0.2) is 11.6 Å². The molecule has 0 spiro atoms. The molecule has 2 aromatic carbocycles. The molecule has 1 saturated heterocycles. The summed E-state index contributed by atoms with van der Waals surface area (Å²) in [5.74, 6) is -1.41. The molecule has 0 radical (unpaired) electrons. The van der Waals surface area contributed by atoms with E-state index in [0.29, 0.717) is 23.7 Å². The van der Waals surface area contributed by atoms with E-state index in [1.807, 2.05) is 24.3 Å². The van der Waals surface area contributed by atoms with E-state index in [0.717, 1.165) is 63.0 Å². The Labute approximate surface area is 172 Å². The first-order chi connectivity index (χ1) is 14.4. The van der Waals surface area contributed by atoms with Gasteiger partial charge in [0, 0.05) is 6.61 Å². The van der Waals surface area contributed by atoms with Crippen molar-refractivity contribution in [2.75, 3.05) is 13.2 Å². The van der Waals surface area contributed by atoms with Crippen molar-refractivity contribution in [1.29, 1.82) is 0 Å². The van der Waals surface area contributed by atoms with Crippen molar-refractivity contribution in [3.8, 4) is 16.9 Å². The monoisotopic (exact) mass is 424 g/mol. The largest absolute Gasteiger partial charge is 0.573 e. The topological polar surface area (TPSA) is 31.0 Å². The molecule has 2 fully saturated rings. The summed E-state index contributed by atoms with van der Waals surface area (Å²) in [6, 6.07) is 11.3. The Morgan fingerprint density at radius 3 is 2.20 bits per heavy atom. The third-order valence-corrected chi connectivity index (χ3v) is 5.74. The SMILES string of the molecule is Fc1cc(-c2ccc(C3CCC(OCCC4CO4)CC3)cc2)ccc1OC(F)(F)F. The van der Waals surface area contributed by atoms with Crippen LogP contribution in [0.1, 0.15) is 43.6 Å². The van der Waals surface area contributed by atoms with Crippen molar-refractivity contribution in [2.24, 2.45) is 0 Å². The first kappa shape index (κ1) is 21.1. The van der Waals surface area contributed by atoms with E-state index >= 15 is 0 Å². The van der Waals surface area contributed by atoms with Crippen LogP contribution in [0.4, 0.5) is 17.6 Å². The number of hydrogen-bond acceptors (Lipinski definition) is 3. The van der Waals surface area contributed by atoms with Crippen LogP contribution in [0, 0.1) is 5.82 Å². The quantitative estimate of drug-likeness (QED) is 0.390. The molecule has 1 saturated carbocycles. The summed E-state index contributed by atoms with van der Waals surface area (Å²) in [5.41, 5.74) is 2.47. The third kappa shape index (κ3) is 5.73. The molecule has 162 valence electrons. The maximum Gasteiger partial charge on any atom is 0.573 e. The highest BCUT2D eigenvalue weighted by atomic mass is 19.4. The number of rotatable bonds is 7. The molecule has 3 nitrogen and oxygen atoms in total. The molecule has 0 bridgehead atoms. The molecule has 30 heavy (non-hydrogen) atoms. The average molecular weight is 424 g/mol. The molecule has 1 aliphatic heterocycles. The second-order valence-corrected chi connectivity index (χ2v) is 7.90. The van der Waals surface area contributed by atoms with Crippen molar-refractivity contribution in [2.45, 2.75) is 56.6 Å². The van der Waals surface area contributed by atoms with Crippen molar-refractivity contribution in [1.82, 2.24) is 0 Å². The van der Waals surface area contributed by atoms with Gasteiger partial charge < -0.3 is 14.2 Å². The molecule has 0 N–H and O–H groups in total. The second-order valence-electron chi connectivity index (χ2n) is 7.90. The Hall–Kier alpha value is -2.12. The summed E-state index contributed by atoms with van der Waals surface area (Å²) in [6.07, 6.45) is 0.962. The molecule has 4 rings (SSSR count). The van der Waals surface area contributed by atoms with Gasteiger partial charge in [0.1, 0.15) is 0 Å². The van der Waals surface area contributed by atoms with Crippen LogP contribution in [0.2, 0.25) is 0 Å². The molecule has 0 aromatic heterocycles. The summed E-state index contributed by atoms with van der Waals surface area (Å²) in [4.78, 5) is 0. The molecule has 2 aromatic rings. The van der Waals surface area contributed by atoms with Crippen LogP contribution in [0.15, 0.2) is 42.5 Å². The van der Waals surface area contributed by atoms with Gasteiger partial charge in [-0.25, -0.2) is 4.39 Å². The highest BCUT2D eigenvalue weighted by Crippen LogP contribution is 2.36. The molecule has 0 amide bonds. The summed E-state index contributed by atoms with van der Waals surface area (Å²) in [7, 11) is 0. The fourth-order valence-electron chi connectivity index (χ4n) is 4.00. The molecule has 1 unspecified atom stereocenters. The maximum absolute atomic E-state index is 14.0. The number of hydrogen-bond donors (Lipinski definition) is 0. The second kappa shape index (κ2) is 8.94. The predicted molar refractivity (Wildman–Crippen MR) is 104 cm³/mol. The van der Waals surface area contributed by atoms with Crippen molar-refractivity contribution in [3.63, 3.8) is 0 Å². The average Bonchev–Trinajstić information content (AvgIpc) is 3.54. The summed E-state index contributed by atoms with van der Waals surface area (Å²) in [6.45, 7) is 1.63. The Morgan fingerprint density at radius 1 is 0.933 bits per heavy atom. The van der Waals surface area contributed by atoms with Crippen LogP contribution in [0.5, 0.6) is 5.75 Å². The summed E-state index contributed by atoms with van der Waals surface area (Å²) < 4.78 is 65.6. The van der Waals surface area contributed by atoms with Crippen LogP contribution in [-0.2, 0) is 9.47 Å². The summed E-state index contributed by atoms with van der Waals surface area (Å²) >= 11 is 0. The zero-order valence-corrected chi connectivity index (χ0v) is 16.5. The van der Waals surface area contributed by atoms with Crippen LogP contribution in [0.3, 0.4) is 0 Å². The molecule has 1 aliphatic carbocycles. The minimum atomic E-state index is -4.92. The van der Waals surface area contributed by atoms with Gasteiger partial charge in [0.25, 0.3) is 0 Å². The van der Waals surface area contributed by atoms with Crippen LogP contribution < -0.4 is 4.74 Å². The predicted octanol–water partition coefficient (Wildman–Crippen LogP) is 6.22. The van der Waals surface area contributed by atoms with Gasteiger partial charge in [0.05, 0.1) is 18.8 Å². The van der Waals surface area contributed by atoms with E-state index < -0.39 is 17.9 Å². The first-order valence-electron chi connectivity index (χ1n) is 10.3. The lowest BCUT2D eigenvalue weighted by molar-refractivity contribution is -0.275. The van der Waals surface area contributed by atoms with Crippen molar-refractivity contribution < 1.29 is 31.8 Å². The lowest BCUT2D eigenvalue weighted by Gasteiger charge is -2.29. The van der Waals surface area contributed by atoms with Crippen molar-refractivity contribution in [3.05, 3.63) is 53.8 Å². The van der Waals surface area contributed by atoms with Crippen LogP contribution in [-0.4, -0.2) is 31.8 Å². The smallest absolute Gasteiger partial charge is 0.403 e. The molecule has 2 aliphatic rings. The van der Waals surface area contributed by atoms with Crippen LogP contribution in [0.25, 0.3) is 11.1 Å². The van der Waals surface area contributed by atoms with Gasteiger partial charge >= 0.3 is 6.36 Å². The highest BCUT2D eigenvalue weighted by Gasteiger charge is 2.32. The van der Waals surface area contributed by atoms with Gasteiger partial charge in [-0.15, -0.1) is 13.2 Å². The van der Waals surface area contributed by atoms with Gasteiger partial charge in [-0.05, 0) is 66.8 Å². The Balaban J connectivity index is 1.32. The maximum atomic E-state index is 14.0. The number of benzene rings is 2. The normalized spacial score (nSPS) is 23.9. The first-order valence-corrected chi connectivity index (χ1v) is 10.3. The van der Waals surface area contributed by atoms with Gasteiger partial charge in [-0.2, -0.15) is 0 Å². The number of alkyl halides is 3. The number of halogens is 4. The van der Waals surface area contributed by atoms with Gasteiger partial charge in [-0.1, -0.05) is 30.3 Å². The molecule has 1 atom stereocenters. The molecular weight excluding hydrogens is 400 g/mol. The minimum absolute atomic E-state index is 0.319. The van der Waals surface area contributed by atoms with E-state index in [-0.39, 0.29) is 0 Å². The Bertz CT molecular complexity index is 839. The van der Waals surface area contributed by atoms with E-state index in [2.05, 4.69) is 4.74 Å².